The molecule has 0 aliphatic carbocycles. The molecule has 1 heterocycles. The van der Waals surface area contributed by atoms with E-state index in [1.54, 1.807) is 18.3 Å². The topological polar surface area (TPSA) is 44.1 Å². The summed E-state index contributed by atoms with van der Waals surface area (Å²) in [6, 6.07) is 14.9. The number of rotatable bonds is 4. The van der Waals surface area contributed by atoms with Crippen LogP contribution in [0.3, 0.4) is 0 Å². The second kappa shape index (κ2) is 6.67. The number of aromatic nitrogens is 2. The highest BCUT2D eigenvalue weighted by Gasteiger charge is 2.08. The van der Waals surface area contributed by atoms with E-state index in [1.807, 2.05) is 42.6 Å². The smallest absolute Gasteiger partial charge is 0.337 e. The highest BCUT2D eigenvalue weighted by atomic mass is 35.5. The van der Waals surface area contributed by atoms with E-state index >= 15 is 0 Å². The predicted molar refractivity (Wildman–Crippen MR) is 89.6 cm³/mol. The lowest BCUT2D eigenvalue weighted by Crippen LogP contribution is -2.03. The molecule has 0 unspecified atom stereocenters. The second-order valence-corrected chi connectivity index (χ2v) is 5.51. The standard InChI is InChI=1S/C18H15ClN2O2/c1-23-18(22)15-4-2-13(3-5-15)12-21-11-10-20-17(21)14-6-8-16(19)9-7-14/h2-11H,12H2,1H3. The maximum absolute atomic E-state index is 11.5. The van der Waals surface area contributed by atoms with Crippen molar-refractivity contribution in [3.05, 3.63) is 77.1 Å². The van der Waals surface area contributed by atoms with Gasteiger partial charge in [-0.05, 0) is 42.0 Å². The molecule has 0 radical (unpaired) electrons. The molecule has 5 heteroatoms. The zero-order chi connectivity index (χ0) is 16.2. The minimum absolute atomic E-state index is 0.332. The number of ether oxygens (including phenoxy) is 1. The van der Waals surface area contributed by atoms with Gasteiger partial charge in [0.25, 0.3) is 0 Å². The molecule has 0 bridgehead atoms. The molecule has 0 spiro atoms. The fourth-order valence-corrected chi connectivity index (χ4v) is 2.48. The van der Waals surface area contributed by atoms with E-state index in [0.29, 0.717) is 17.1 Å². The maximum Gasteiger partial charge on any atom is 0.337 e. The van der Waals surface area contributed by atoms with Gasteiger partial charge >= 0.3 is 5.97 Å². The molecule has 0 aliphatic heterocycles. The first-order chi connectivity index (χ1) is 11.2. The van der Waals surface area contributed by atoms with Crippen LogP contribution in [-0.4, -0.2) is 22.6 Å². The largest absolute Gasteiger partial charge is 0.465 e. The molecule has 23 heavy (non-hydrogen) atoms. The lowest BCUT2D eigenvalue weighted by molar-refractivity contribution is 0.0600. The normalized spacial score (nSPS) is 10.5. The van der Waals surface area contributed by atoms with Crippen LogP contribution >= 0.6 is 11.6 Å². The van der Waals surface area contributed by atoms with Crippen molar-refractivity contribution in [3.8, 4) is 11.4 Å². The SMILES string of the molecule is COC(=O)c1ccc(Cn2ccnc2-c2ccc(Cl)cc2)cc1. The fraction of sp³-hybridized carbons (Fsp3) is 0.111. The van der Waals surface area contributed by atoms with E-state index in [9.17, 15) is 4.79 Å². The highest BCUT2D eigenvalue weighted by molar-refractivity contribution is 6.30. The van der Waals surface area contributed by atoms with Gasteiger partial charge in [0, 0.05) is 29.5 Å². The molecule has 0 N–H and O–H groups in total. The lowest BCUT2D eigenvalue weighted by Gasteiger charge is -2.09. The van der Waals surface area contributed by atoms with Crippen LogP contribution in [0.4, 0.5) is 0 Å². The number of benzene rings is 2. The molecule has 4 nitrogen and oxygen atoms in total. The summed E-state index contributed by atoms with van der Waals surface area (Å²) in [5.74, 6) is 0.541. The number of carbonyl (C=O) groups is 1. The molecule has 3 rings (SSSR count). The zero-order valence-electron chi connectivity index (χ0n) is 12.6. The Morgan fingerprint density at radius 2 is 1.83 bits per heavy atom. The minimum atomic E-state index is -0.332. The van der Waals surface area contributed by atoms with Gasteiger partial charge in [-0.2, -0.15) is 0 Å². The first-order valence-corrected chi connectivity index (χ1v) is 7.49. The Morgan fingerprint density at radius 1 is 1.13 bits per heavy atom. The van der Waals surface area contributed by atoms with E-state index in [-0.39, 0.29) is 5.97 Å². The van der Waals surface area contributed by atoms with E-state index in [4.69, 9.17) is 16.3 Å². The van der Waals surface area contributed by atoms with Gasteiger partial charge in [-0.3, -0.25) is 0 Å². The van der Waals surface area contributed by atoms with Crippen molar-refractivity contribution >= 4 is 17.6 Å². The van der Waals surface area contributed by atoms with Gasteiger partial charge in [0.1, 0.15) is 5.82 Å². The first-order valence-electron chi connectivity index (χ1n) is 7.11. The van der Waals surface area contributed by atoms with Crippen LogP contribution in [0.5, 0.6) is 0 Å². The van der Waals surface area contributed by atoms with Crippen molar-refractivity contribution in [2.24, 2.45) is 0 Å². The van der Waals surface area contributed by atoms with Crippen molar-refractivity contribution in [3.63, 3.8) is 0 Å². The Hall–Kier alpha value is -2.59. The Labute approximate surface area is 139 Å². The van der Waals surface area contributed by atoms with Crippen molar-refractivity contribution in [1.82, 2.24) is 9.55 Å². The van der Waals surface area contributed by atoms with Gasteiger partial charge < -0.3 is 9.30 Å². The third kappa shape index (κ3) is 3.43. The van der Waals surface area contributed by atoms with Crippen LogP contribution in [0.1, 0.15) is 15.9 Å². The molecule has 0 fully saturated rings. The summed E-state index contributed by atoms with van der Waals surface area (Å²) in [6.07, 6.45) is 3.70. The highest BCUT2D eigenvalue weighted by Crippen LogP contribution is 2.21. The number of imidazole rings is 1. The second-order valence-electron chi connectivity index (χ2n) is 5.07. The van der Waals surface area contributed by atoms with Gasteiger partial charge in [-0.25, -0.2) is 9.78 Å². The monoisotopic (exact) mass is 326 g/mol. The van der Waals surface area contributed by atoms with Crippen LogP contribution in [0.2, 0.25) is 5.02 Å². The van der Waals surface area contributed by atoms with Crippen LogP contribution < -0.4 is 0 Å². The third-order valence-electron chi connectivity index (χ3n) is 3.55. The van der Waals surface area contributed by atoms with Gasteiger partial charge in [0.15, 0.2) is 0 Å². The molecule has 116 valence electrons. The van der Waals surface area contributed by atoms with E-state index < -0.39 is 0 Å². The molecule has 3 aromatic rings. The van der Waals surface area contributed by atoms with Crippen molar-refractivity contribution < 1.29 is 9.53 Å². The molecule has 0 amide bonds. The van der Waals surface area contributed by atoms with Gasteiger partial charge in [0.2, 0.25) is 0 Å². The third-order valence-corrected chi connectivity index (χ3v) is 3.80. The Bertz CT molecular complexity index is 808. The summed E-state index contributed by atoms with van der Waals surface area (Å²) < 4.78 is 6.76. The summed E-state index contributed by atoms with van der Waals surface area (Å²) in [5, 5.41) is 0.699. The summed E-state index contributed by atoms with van der Waals surface area (Å²) in [5.41, 5.74) is 2.62. The van der Waals surface area contributed by atoms with Crippen molar-refractivity contribution in [1.29, 1.82) is 0 Å². The van der Waals surface area contributed by atoms with Crippen LogP contribution in [0.15, 0.2) is 60.9 Å². The first kappa shape index (κ1) is 15.3. The zero-order valence-corrected chi connectivity index (χ0v) is 13.3. The molecule has 0 atom stereocenters. The van der Waals surface area contributed by atoms with Gasteiger partial charge in [0.05, 0.1) is 12.7 Å². The predicted octanol–water partition coefficient (Wildman–Crippen LogP) is 4.04. The van der Waals surface area contributed by atoms with Gasteiger partial charge in [-0.1, -0.05) is 23.7 Å². The summed E-state index contributed by atoms with van der Waals surface area (Å²) in [6.45, 7) is 0.666. The number of carbonyl (C=O) groups excluding carboxylic acids is 1. The average molecular weight is 327 g/mol. The molecule has 0 saturated heterocycles. The number of halogens is 1. The molecule has 2 aromatic carbocycles. The average Bonchev–Trinajstić information content (AvgIpc) is 3.03. The van der Waals surface area contributed by atoms with Crippen LogP contribution in [-0.2, 0) is 11.3 Å². The van der Waals surface area contributed by atoms with Crippen LogP contribution in [0, 0.1) is 0 Å². The summed E-state index contributed by atoms with van der Waals surface area (Å²) in [4.78, 5) is 15.9. The Morgan fingerprint density at radius 3 is 2.48 bits per heavy atom. The number of nitrogens with zero attached hydrogens (tertiary/aromatic N) is 2. The minimum Gasteiger partial charge on any atom is -0.465 e. The van der Waals surface area contributed by atoms with Crippen molar-refractivity contribution in [2.45, 2.75) is 6.54 Å². The summed E-state index contributed by atoms with van der Waals surface area (Å²) in [7, 11) is 1.38. The lowest BCUT2D eigenvalue weighted by atomic mass is 10.1. The number of esters is 1. The van der Waals surface area contributed by atoms with E-state index in [1.165, 1.54) is 7.11 Å². The van der Waals surface area contributed by atoms with E-state index in [0.717, 1.165) is 17.0 Å². The summed E-state index contributed by atoms with van der Waals surface area (Å²) >= 11 is 5.93. The van der Waals surface area contributed by atoms with E-state index in [2.05, 4.69) is 9.55 Å². The Balaban J connectivity index is 1.83. The fourth-order valence-electron chi connectivity index (χ4n) is 2.36. The number of methoxy groups -OCH3 is 1. The quantitative estimate of drug-likeness (QED) is 0.680. The van der Waals surface area contributed by atoms with Gasteiger partial charge in [-0.15, -0.1) is 0 Å². The Kier molecular flexibility index (Phi) is 4.44. The number of hydrogen-bond donors (Lipinski definition) is 0. The number of hydrogen-bond acceptors (Lipinski definition) is 3. The van der Waals surface area contributed by atoms with Crippen LogP contribution in [0.25, 0.3) is 11.4 Å². The molecule has 0 aliphatic rings. The molecular weight excluding hydrogens is 312 g/mol. The molecule has 0 saturated carbocycles. The van der Waals surface area contributed by atoms with Crippen molar-refractivity contribution in [2.75, 3.05) is 7.11 Å². The molecule has 1 aromatic heterocycles. The molecular formula is C18H15ClN2O2. The maximum atomic E-state index is 11.5.